The average Bonchev–Trinajstić information content (AvgIpc) is 2.03. The molecule has 0 spiro atoms. The summed E-state index contributed by atoms with van der Waals surface area (Å²) in [4.78, 5) is 10.9. The van der Waals surface area contributed by atoms with Crippen LogP contribution >= 0.6 is 11.6 Å². The molecule has 0 radical (unpaired) electrons. The van der Waals surface area contributed by atoms with Crippen molar-refractivity contribution in [2.75, 3.05) is 0 Å². The molecule has 0 saturated heterocycles. The second-order valence-electron chi connectivity index (χ2n) is 2.83. The molecule has 4 heteroatoms. The zero-order chi connectivity index (χ0) is 10.0. The van der Waals surface area contributed by atoms with Crippen LogP contribution in [0.5, 0.6) is 0 Å². The molecule has 0 saturated carbocycles. The van der Waals surface area contributed by atoms with E-state index in [0.29, 0.717) is 17.1 Å². The van der Waals surface area contributed by atoms with Gasteiger partial charge in [0.05, 0.1) is 0 Å². The van der Waals surface area contributed by atoms with Gasteiger partial charge in [-0.25, -0.2) is 0 Å². The van der Waals surface area contributed by atoms with E-state index in [1.165, 1.54) is 0 Å². The fourth-order valence-corrected chi connectivity index (χ4v) is 1.43. The minimum absolute atomic E-state index is 0.305. The molecule has 0 atom stereocenters. The van der Waals surface area contributed by atoms with Gasteiger partial charge in [0.25, 0.3) is 0 Å². The van der Waals surface area contributed by atoms with Gasteiger partial charge in [-0.15, -0.1) is 0 Å². The highest BCUT2D eigenvalue weighted by Crippen LogP contribution is 2.20. The minimum Gasteiger partial charge on any atom is -0.366 e. The predicted molar refractivity (Wildman–Crippen MR) is 52.6 cm³/mol. The summed E-state index contributed by atoms with van der Waals surface area (Å²) in [7, 11) is 0. The molecule has 4 N–H and O–H groups in total. The lowest BCUT2D eigenvalue weighted by Crippen LogP contribution is -2.13. The van der Waals surface area contributed by atoms with E-state index in [9.17, 15) is 4.79 Å². The van der Waals surface area contributed by atoms with Crippen LogP contribution in [0.4, 0.5) is 0 Å². The molecule has 70 valence electrons. The van der Waals surface area contributed by atoms with E-state index in [0.717, 1.165) is 11.1 Å². The van der Waals surface area contributed by atoms with E-state index in [1.54, 1.807) is 19.1 Å². The lowest BCUT2D eigenvalue weighted by molar-refractivity contribution is 0.0999. The Hall–Kier alpha value is -1.06. The standard InChI is InChI=1S/C9H11ClN2O/c1-5-2-8(10)6(4-11)3-7(5)9(12)13/h2-3H,4,11H2,1H3,(H2,12,13). The summed E-state index contributed by atoms with van der Waals surface area (Å²) in [5, 5.41) is 0.574. The minimum atomic E-state index is -0.455. The van der Waals surface area contributed by atoms with Gasteiger partial charge in [-0.05, 0) is 30.2 Å². The van der Waals surface area contributed by atoms with Gasteiger partial charge in [0.2, 0.25) is 5.91 Å². The van der Waals surface area contributed by atoms with Crippen molar-refractivity contribution in [2.45, 2.75) is 13.5 Å². The lowest BCUT2D eigenvalue weighted by Gasteiger charge is -2.06. The third kappa shape index (κ3) is 1.99. The molecule has 1 aromatic carbocycles. The van der Waals surface area contributed by atoms with Gasteiger partial charge in [0.1, 0.15) is 0 Å². The molecule has 3 nitrogen and oxygen atoms in total. The molecule has 0 bridgehead atoms. The molecule has 0 aliphatic carbocycles. The predicted octanol–water partition coefficient (Wildman–Crippen LogP) is 1.21. The van der Waals surface area contributed by atoms with Crippen LogP contribution in [0.15, 0.2) is 12.1 Å². The number of benzene rings is 1. The highest BCUT2D eigenvalue weighted by molar-refractivity contribution is 6.31. The number of carbonyl (C=O) groups is 1. The Kier molecular flexibility index (Phi) is 2.90. The highest BCUT2D eigenvalue weighted by atomic mass is 35.5. The first-order valence-corrected chi connectivity index (χ1v) is 4.23. The number of halogens is 1. The maximum absolute atomic E-state index is 10.9. The number of primary amides is 1. The number of hydrogen-bond donors (Lipinski definition) is 2. The van der Waals surface area contributed by atoms with Crippen LogP contribution < -0.4 is 11.5 Å². The Morgan fingerprint density at radius 1 is 1.54 bits per heavy atom. The molecule has 0 fully saturated rings. The molecule has 13 heavy (non-hydrogen) atoms. The second-order valence-corrected chi connectivity index (χ2v) is 3.23. The van der Waals surface area contributed by atoms with E-state index in [1.807, 2.05) is 0 Å². The van der Waals surface area contributed by atoms with E-state index >= 15 is 0 Å². The van der Waals surface area contributed by atoms with Crippen LogP contribution in [0.2, 0.25) is 5.02 Å². The molecule has 1 rings (SSSR count). The molecule has 1 aromatic rings. The van der Waals surface area contributed by atoms with Gasteiger partial charge < -0.3 is 11.5 Å². The van der Waals surface area contributed by atoms with Crippen LogP contribution in [0.3, 0.4) is 0 Å². The van der Waals surface area contributed by atoms with Gasteiger partial charge in [0.15, 0.2) is 0 Å². The first kappa shape index (κ1) is 10.0. The molecular weight excluding hydrogens is 188 g/mol. The molecule has 0 aromatic heterocycles. The van der Waals surface area contributed by atoms with E-state index < -0.39 is 5.91 Å². The summed E-state index contributed by atoms with van der Waals surface area (Å²) in [6.07, 6.45) is 0. The quantitative estimate of drug-likeness (QED) is 0.750. The van der Waals surface area contributed by atoms with E-state index in [2.05, 4.69) is 0 Å². The third-order valence-corrected chi connectivity index (χ3v) is 2.23. The largest absolute Gasteiger partial charge is 0.366 e. The number of rotatable bonds is 2. The van der Waals surface area contributed by atoms with Gasteiger partial charge in [0, 0.05) is 17.1 Å². The SMILES string of the molecule is Cc1cc(Cl)c(CN)cc1C(N)=O. The summed E-state index contributed by atoms with van der Waals surface area (Å²) in [5.74, 6) is -0.455. The monoisotopic (exact) mass is 198 g/mol. The summed E-state index contributed by atoms with van der Waals surface area (Å²) >= 11 is 5.87. The average molecular weight is 199 g/mol. The maximum atomic E-state index is 10.9. The van der Waals surface area contributed by atoms with Crippen molar-refractivity contribution in [1.29, 1.82) is 0 Å². The topological polar surface area (TPSA) is 69.1 Å². The zero-order valence-corrected chi connectivity index (χ0v) is 8.06. The first-order chi connectivity index (χ1) is 6.06. The van der Waals surface area contributed by atoms with Crippen LogP contribution in [0.25, 0.3) is 0 Å². The highest BCUT2D eigenvalue weighted by Gasteiger charge is 2.08. The van der Waals surface area contributed by atoms with Crippen molar-refractivity contribution in [3.63, 3.8) is 0 Å². The van der Waals surface area contributed by atoms with Gasteiger partial charge >= 0.3 is 0 Å². The number of carbonyl (C=O) groups excluding carboxylic acids is 1. The Balaban J connectivity index is 3.30. The van der Waals surface area contributed by atoms with Crippen LogP contribution in [0.1, 0.15) is 21.5 Å². The van der Waals surface area contributed by atoms with E-state index in [-0.39, 0.29) is 0 Å². The summed E-state index contributed by atoms with van der Waals surface area (Å²) in [6.45, 7) is 2.09. The molecule has 0 aliphatic rings. The lowest BCUT2D eigenvalue weighted by atomic mass is 10.0. The number of nitrogens with two attached hydrogens (primary N) is 2. The van der Waals surface area contributed by atoms with Gasteiger partial charge in [-0.2, -0.15) is 0 Å². The zero-order valence-electron chi connectivity index (χ0n) is 7.30. The Morgan fingerprint density at radius 3 is 2.62 bits per heavy atom. The maximum Gasteiger partial charge on any atom is 0.248 e. The van der Waals surface area contributed by atoms with Gasteiger partial charge in [-0.3, -0.25) is 4.79 Å². The van der Waals surface area contributed by atoms with Crippen LogP contribution in [-0.2, 0) is 6.54 Å². The summed E-state index contributed by atoms with van der Waals surface area (Å²) in [6, 6.07) is 3.34. The third-order valence-electron chi connectivity index (χ3n) is 1.88. The molecular formula is C9H11ClN2O. The number of hydrogen-bond acceptors (Lipinski definition) is 2. The molecule has 1 amide bonds. The first-order valence-electron chi connectivity index (χ1n) is 3.85. The second kappa shape index (κ2) is 3.77. The van der Waals surface area contributed by atoms with Crippen molar-refractivity contribution in [3.8, 4) is 0 Å². The smallest absolute Gasteiger partial charge is 0.248 e. The van der Waals surface area contributed by atoms with Crippen LogP contribution in [0, 0.1) is 6.92 Å². The fraction of sp³-hybridized carbons (Fsp3) is 0.222. The normalized spacial score (nSPS) is 10.1. The Labute approximate surface area is 81.7 Å². The van der Waals surface area contributed by atoms with Crippen molar-refractivity contribution >= 4 is 17.5 Å². The summed E-state index contributed by atoms with van der Waals surface area (Å²) < 4.78 is 0. The van der Waals surface area contributed by atoms with Crippen molar-refractivity contribution < 1.29 is 4.79 Å². The van der Waals surface area contributed by atoms with E-state index in [4.69, 9.17) is 23.1 Å². The van der Waals surface area contributed by atoms with Crippen LogP contribution in [-0.4, -0.2) is 5.91 Å². The van der Waals surface area contributed by atoms with Gasteiger partial charge in [-0.1, -0.05) is 11.6 Å². The molecule has 0 unspecified atom stereocenters. The molecule has 0 heterocycles. The van der Waals surface area contributed by atoms with Crippen molar-refractivity contribution in [2.24, 2.45) is 11.5 Å². The Morgan fingerprint density at radius 2 is 2.15 bits per heavy atom. The number of amides is 1. The van der Waals surface area contributed by atoms with Crippen molar-refractivity contribution in [1.82, 2.24) is 0 Å². The van der Waals surface area contributed by atoms with Crippen molar-refractivity contribution in [3.05, 3.63) is 33.8 Å². The molecule has 0 aliphatic heterocycles. The summed E-state index contributed by atoms with van der Waals surface area (Å²) in [5.41, 5.74) is 12.6. The Bertz CT molecular complexity index is 350. The fourth-order valence-electron chi connectivity index (χ4n) is 1.14. The number of aryl methyl sites for hydroxylation is 1.